The Balaban J connectivity index is 3.70. The smallest absolute Gasteiger partial charge is 0.167 e. The van der Waals surface area contributed by atoms with E-state index in [0.29, 0.717) is 6.42 Å². The molecule has 0 aliphatic heterocycles. The van der Waals surface area contributed by atoms with Crippen LogP contribution < -0.4 is 5.32 Å². The third-order valence-electron chi connectivity index (χ3n) is 1.35. The fourth-order valence-electron chi connectivity index (χ4n) is 0.747. The van der Waals surface area contributed by atoms with Crippen molar-refractivity contribution in [3.05, 3.63) is 0 Å². The van der Waals surface area contributed by atoms with E-state index in [4.69, 9.17) is 4.55 Å². The molecule has 0 aromatic rings. The maximum absolute atomic E-state index is 10.7. The Morgan fingerprint density at radius 3 is 2.55 bits per heavy atom. The van der Waals surface area contributed by atoms with Crippen molar-refractivity contribution in [1.29, 1.82) is 0 Å². The molecule has 0 aromatic heterocycles. The van der Waals surface area contributed by atoms with Gasteiger partial charge in [-0.2, -0.15) is 0 Å². The van der Waals surface area contributed by atoms with E-state index in [1.165, 1.54) is 6.92 Å². The van der Waals surface area contributed by atoms with E-state index in [9.17, 15) is 9.00 Å². The van der Waals surface area contributed by atoms with Crippen LogP contribution in [0, 0.1) is 0 Å². The predicted molar refractivity (Wildman–Crippen MR) is 43.5 cm³/mol. The summed E-state index contributed by atoms with van der Waals surface area (Å²) in [5.41, 5.74) is 0. The summed E-state index contributed by atoms with van der Waals surface area (Å²) in [6, 6.07) is -0.286. The van der Waals surface area contributed by atoms with Crippen LogP contribution in [0.1, 0.15) is 20.3 Å². The van der Waals surface area contributed by atoms with Crippen molar-refractivity contribution in [1.82, 2.24) is 5.32 Å². The van der Waals surface area contributed by atoms with Gasteiger partial charge in [0.25, 0.3) is 0 Å². The molecule has 0 saturated carbocycles. The summed E-state index contributed by atoms with van der Waals surface area (Å²) in [5.74, 6) is -0.0455. The molecule has 0 aliphatic carbocycles. The van der Waals surface area contributed by atoms with Crippen molar-refractivity contribution < 1.29 is 13.6 Å². The lowest BCUT2D eigenvalue weighted by atomic mass is 10.1. The first-order chi connectivity index (χ1) is 5.07. The van der Waals surface area contributed by atoms with Gasteiger partial charge in [0.15, 0.2) is 11.1 Å². The number of ketones is 1. The monoisotopic (exact) mass is 179 g/mol. The zero-order valence-electron chi connectivity index (χ0n) is 6.66. The Kier molecular flexibility index (Phi) is 5.27. The van der Waals surface area contributed by atoms with Crippen LogP contribution in [0.15, 0.2) is 0 Å². The molecule has 0 bridgehead atoms. The highest BCUT2D eigenvalue weighted by molar-refractivity contribution is 7.79. The van der Waals surface area contributed by atoms with Crippen LogP contribution in [0.5, 0.6) is 0 Å². The molecule has 4 nitrogen and oxygen atoms in total. The number of hydrogen-bond acceptors (Lipinski definition) is 3. The van der Waals surface area contributed by atoms with Crippen molar-refractivity contribution >= 4 is 16.9 Å². The van der Waals surface area contributed by atoms with Crippen molar-refractivity contribution in [2.45, 2.75) is 26.3 Å². The predicted octanol–water partition coefficient (Wildman–Crippen LogP) is 0.123. The highest BCUT2D eigenvalue weighted by atomic mass is 32.2. The van der Waals surface area contributed by atoms with Gasteiger partial charge in [-0.25, -0.2) is 4.21 Å². The molecule has 0 heterocycles. The summed E-state index contributed by atoms with van der Waals surface area (Å²) in [6.07, 6.45) is 0.645. The average molecular weight is 179 g/mol. The second-order valence-corrected chi connectivity index (χ2v) is 3.17. The van der Waals surface area contributed by atoms with E-state index in [0.717, 1.165) is 0 Å². The molecule has 0 aromatic carbocycles. The SMILES string of the molecule is CCC(NCS(=O)O)C(C)=O. The molecule has 0 rings (SSSR count). The van der Waals surface area contributed by atoms with E-state index in [1.54, 1.807) is 0 Å². The van der Waals surface area contributed by atoms with E-state index < -0.39 is 11.1 Å². The first-order valence-electron chi connectivity index (χ1n) is 3.39. The first kappa shape index (κ1) is 10.7. The molecule has 66 valence electrons. The average Bonchev–Trinajstić information content (AvgIpc) is 1.87. The highest BCUT2D eigenvalue weighted by Gasteiger charge is 2.10. The lowest BCUT2D eigenvalue weighted by Gasteiger charge is -2.10. The van der Waals surface area contributed by atoms with Crippen LogP contribution in [-0.4, -0.2) is 26.5 Å². The van der Waals surface area contributed by atoms with Gasteiger partial charge in [0.2, 0.25) is 0 Å². The maximum atomic E-state index is 10.7. The fraction of sp³-hybridized carbons (Fsp3) is 0.833. The lowest BCUT2D eigenvalue weighted by molar-refractivity contribution is -0.118. The van der Waals surface area contributed by atoms with Crippen molar-refractivity contribution in [3.8, 4) is 0 Å². The molecule has 5 heteroatoms. The number of rotatable bonds is 5. The van der Waals surface area contributed by atoms with Crippen molar-refractivity contribution in [2.24, 2.45) is 0 Å². The van der Waals surface area contributed by atoms with Gasteiger partial charge in [-0.15, -0.1) is 0 Å². The molecule has 0 fully saturated rings. The van der Waals surface area contributed by atoms with Crippen LogP contribution in [0.3, 0.4) is 0 Å². The lowest BCUT2D eigenvalue weighted by Crippen LogP contribution is -2.36. The molecule has 0 saturated heterocycles. The summed E-state index contributed by atoms with van der Waals surface area (Å²) in [6.45, 7) is 3.31. The molecular weight excluding hydrogens is 166 g/mol. The number of Topliss-reactive ketones (excluding diaryl/α,β-unsaturated/α-hetero) is 1. The summed E-state index contributed by atoms with van der Waals surface area (Å²) in [5, 5.41) is 2.67. The van der Waals surface area contributed by atoms with Crippen molar-refractivity contribution in [2.75, 3.05) is 5.88 Å². The second-order valence-electron chi connectivity index (χ2n) is 2.24. The van der Waals surface area contributed by atoms with Gasteiger partial charge in [-0.1, -0.05) is 6.92 Å². The second kappa shape index (κ2) is 5.40. The van der Waals surface area contributed by atoms with Gasteiger partial charge < -0.3 is 4.55 Å². The van der Waals surface area contributed by atoms with E-state index in [-0.39, 0.29) is 17.7 Å². The molecular formula is C6H13NO3S. The minimum absolute atomic E-state index is 0.00190. The molecule has 0 aliphatic rings. The summed E-state index contributed by atoms with van der Waals surface area (Å²) in [7, 11) is 0. The molecule has 2 atom stereocenters. The van der Waals surface area contributed by atoms with Crippen molar-refractivity contribution in [3.63, 3.8) is 0 Å². The molecule has 0 spiro atoms. The molecule has 2 N–H and O–H groups in total. The Labute approximate surface area is 68.7 Å². The Hall–Kier alpha value is -0.260. The standard InChI is InChI=1S/C6H13NO3S/c1-3-6(5(2)8)7-4-11(9)10/h6-7H,3-4H2,1-2H3,(H,9,10). The Morgan fingerprint density at radius 2 is 2.27 bits per heavy atom. The van der Waals surface area contributed by atoms with E-state index in [1.807, 2.05) is 6.92 Å². The summed E-state index contributed by atoms with van der Waals surface area (Å²) >= 11 is -1.87. The van der Waals surface area contributed by atoms with Crippen LogP contribution >= 0.6 is 0 Å². The zero-order valence-corrected chi connectivity index (χ0v) is 7.48. The highest BCUT2D eigenvalue weighted by Crippen LogP contribution is 1.91. The molecule has 2 unspecified atom stereocenters. The number of carbonyl (C=O) groups is 1. The Bertz CT molecular complexity index is 160. The van der Waals surface area contributed by atoms with Gasteiger partial charge in [-0.3, -0.25) is 10.1 Å². The van der Waals surface area contributed by atoms with Gasteiger partial charge in [0.1, 0.15) is 5.78 Å². The molecule has 0 amide bonds. The van der Waals surface area contributed by atoms with E-state index >= 15 is 0 Å². The largest absolute Gasteiger partial charge is 0.305 e. The summed E-state index contributed by atoms with van der Waals surface area (Å²) < 4.78 is 18.6. The third kappa shape index (κ3) is 5.06. The quantitative estimate of drug-likeness (QED) is 0.588. The summed E-state index contributed by atoms with van der Waals surface area (Å²) in [4.78, 5) is 10.7. The minimum Gasteiger partial charge on any atom is -0.305 e. The Morgan fingerprint density at radius 1 is 1.73 bits per heavy atom. The first-order valence-corrected chi connectivity index (χ1v) is 4.66. The number of carbonyl (C=O) groups excluding carboxylic acids is 1. The normalized spacial score (nSPS) is 15.9. The van der Waals surface area contributed by atoms with Gasteiger partial charge in [0, 0.05) is 0 Å². The molecule has 0 radical (unpaired) electrons. The molecule has 11 heavy (non-hydrogen) atoms. The zero-order chi connectivity index (χ0) is 8.85. The van der Waals surface area contributed by atoms with Crippen LogP contribution in [0.2, 0.25) is 0 Å². The van der Waals surface area contributed by atoms with Gasteiger partial charge in [-0.05, 0) is 13.3 Å². The fourth-order valence-corrected chi connectivity index (χ4v) is 1.09. The van der Waals surface area contributed by atoms with Gasteiger partial charge >= 0.3 is 0 Å². The number of nitrogens with one attached hydrogen (secondary N) is 1. The number of hydrogen-bond donors (Lipinski definition) is 2. The minimum atomic E-state index is -1.87. The van der Waals surface area contributed by atoms with Crippen LogP contribution in [0.4, 0.5) is 0 Å². The topological polar surface area (TPSA) is 66.4 Å². The van der Waals surface area contributed by atoms with Gasteiger partial charge in [0.05, 0.1) is 11.9 Å². The van der Waals surface area contributed by atoms with Crippen LogP contribution in [-0.2, 0) is 15.9 Å². The van der Waals surface area contributed by atoms with Crippen LogP contribution in [0.25, 0.3) is 0 Å². The third-order valence-corrected chi connectivity index (χ3v) is 1.77. The van der Waals surface area contributed by atoms with E-state index in [2.05, 4.69) is 5.32 Å². The maximum Gasteiger partial charge on any atom is 0.167 e.